The van der Waals surface area contributed by atoms with E-state index in [2.05, 4.69) is 19.9 Å². The zero-order valence-electron chi connectivity index (χ0n) is 9.74. The van der Waals surface area contributed by atoms with Gasteiger partial charge < -0.3 is 0 Å². The molecule has 0 aliphatic carbocycles. The number of aromatic nitrogens is 4. The van der Waals surface area contributed by atoms with Crippen LogP contribution >= 0.6 is 11.8 Å². The summed E-state index contributed by atoms with van der Waals surface area (Å²) < 4.78 is 0. The lowest BCUT2D eigenvalue weighted by Gasteiger charge is -2.05. The first-order valence-electron chi connectivity index (χ1n) is 5.46. The highest BCUT2D eigenvalue weighted by Crippen LogP contribution is 2.25. The fraction of sp³-hybridized carbons (Fsp3) is 0.0769. The van der Waals surface area contributed by atoms with Crippen LogP contribution in [0.2, 0.25) is 0 Å². The van der Waals surface area contributed by atoms with Gasteiger partial charge in [0.05, 0.1) is 0 Å². The summed E-state index contributed by atoms with van der Waals surface area (Å²) >= 11 is 1.50. The van der Waals surface area contributed by atoms with Crippen LogP contribution in [-0.2, 0) is 0 Å². The van der Waals surface area contributed by atoms with E-state index in [1.165, 1.54) is 11.8 Å². The van der Waals surface area contributed by atoms with Crippen LogP contribution in [0.1, 0.15) is 0 Å². The monoisotopic (exact) mass is 254 g/mol. The predicted octanol–water partition coefficient (Wildman–Crippen LogP) is 2.81. The van der Waals surface area contributed by atoms with Gasteiger partial charge in [0.25, 0.3) is 0 Å². The van der Waals surface area contributed by atoms with Crippen LogP contribution in [0.15, 0.2) is 47.9 Å². The molecule has 0 atom stereocenters. The number of nitrogens with zero attached hydrogens (tertiary/aromatic N) is 4. The number of hydrogen-bond acceptors (Lipinski definition) is 5. The van der Waals surface area contributed by atoms with Gasteiger partial charge in [-0.05, 0) is 6.26 Å². The summed E-state index contributed by atoms with van der Waals surface area (Å²) in [5.74, 6) is 0. The van der Waals surface area contributed by atoms with Crippen molar-refractivity contribution in [3.8, 4) is 11.3 Å². The van der Waals surface area contributed by atoms with Gasteiger partial charge in [0.2, 0.25) is 0 Å². The normalized spacial score (nSPS) is 10.7. The van der Waals surface area contributed by atoms with Crippen LogP contribution in [0.3, 0.4) is 0 Å². The van der Waals surface area contributed by atoms with Crippen molar-refractivity contribution in [1.29, 1.82) is 0 Å². The Hall–Kier alpha value is -2.01. The third-order valence-corrected chi connectivity index (χ3v) is 3.09. The fourth-order valence-electron chi connectivity index (χ4n) is 1.73. The van der Waals surface area contributed by atoms with Gasteiger partial charge in [-0.15, -0.1) is 0 Å². The first-order chi connectivity index (χ1) is 8.88. The predicted molar refractivity (Wildman–Crippen MR) is 72.3 cm³/mol. The molecule has 1 aromatic carbocycles. The zero-order chi connectivity index (χ0) is 12.4. The Balaban J connectivity index is 2.33. The molecule has 0 N–H and O–H groups in total. The van der Waals surface area contributed by atoms with E-state index in [4.69, 9.17) is 0 Å². The van der Waals surface area contributed by atoms with Crippen LogP contribution in [-0.4, -0.2) is 26.2 Å². The maximum Gasteiger partial charge on any atom is 0.190 e. The Morgan fingerprint density at radius 1 is 0.944 bits per heavy atom. The van der Waals surface area contributed by atoms with E-state index in [0.29, 0.717) is 10.8 Å². The minimum atomic E-state index is 0.635. The largest absolute Gasteiger partial charge is 0.249 e. The summed E-state index contributed by atoms with van der Waals surface area (Å²) in [5, 5.41) is 0.710. The third-order valence-electron chi connectivity index (χ3n) is 2.54. The quantitative estimate of drug-likeness (QED) is 0.520. The van der Waals surface area contributed by atoms with Gasteiger partial charge >= 0.3 is 0 Å². The van der Waals surface area contributed by atoms with E-state index < -0.39 is 0 Å². The van der Waals surface area contributed by atoms with Crippen LogP contribution < -0.4 is 0 Å². The molecule has 0 saturated heterocycles. The van der Waals surface area contributed by atoms with Gasteiger partial charge in [0.15, 0.2) is 10.8 Å². The number of rotatable bonds is 2. The van der Waals surface area contributed by atoms with Gasteiger partial charge in [-0.3, -0.25) is 0 Å². The zero-order valence-corrected chi connectivity index (χ0v) is 10.6. The molecule has 0 bridgehead atoms. The second kappa shape index (κ2) is 4.70. The lowest BCUT2D eigenvalue weighted by Crippen LogP contribution is -1.96. The molecule has 0 fully saturated rings. The van der Waals surface area contributed by atoms with Gasteiger partial charge in [-0.1, -0.05) is 42.1 Å². The molecule has 0 aliphatic heterocycles. The summed E-state index contributed by atoms with van der Waals surface area (Å²) in [6.45, 7) is 0. The fourth-order valence-corrected chi connectivity index (χ4v) is 2.09. The van der Waals surface area contributed by atoms with Crippen molar-refractivity contribution in [3.63, 3.8) is 0 Å². The van der Waals surface area contributed by atoms with Crippen molar-refractivity contribution in [2.24, 2.45) is 0 Å². The molecule has 0 radical (unpaired) electrons. The standard InChI is InChI=1S/C13H10N4S/c1-18-13-16-10(9-5-3-2-4-6-9)11-12(17-13)15-8-7-14-11/h2-8H,1H3. The second-order valence-electron chi connectivity index (χ2n) is 3.65. The highest BCUT2D eigenvalue weighted by molar-refractivity contribution is 7.98. The molecule has 0 spiro atoms. The van der Waals surface area contributed by atoms with Crippen LogP contribution in [0.25, 0.3) is 22.4 Å². The first-order valence-corrected chi connectivity index (χ1v) is 6.69. The van der Waals surface area contributed by atoms with E-state index in [0.717, 1.165) is 16.8 Å². The summed E-state index contributed by atoms with van der Waals surface area (Å²) in [5.41, 5.74) is 3.23. The minimum absolute atomic E-state index is 0.635. The maximum atomic E-state index is 4.54. The molecule has 2 aromatic heterocycles. The highest BCUT2D eigenvalue weighted by atomic mass is 32.2. The lowest BCUT2D eigenvalue weighted by atomic mass is 10.1. The Kier molecular flexibility index (Phi) is 2.90. The van der Waals surface area contributed by atoms with Gasteiger partial charge in [-0.25, -0.2) is 19.9 Å². The second-order valence-corrected chi connectivity index (χ2v) is 4.43. The number of thioether (sulfide) groups is 1. The van der Waals surface area contributed by atoms with Gasteiger partial charge in [-0.2, -0.15) is 0 Å². The molecule has 0 aliphatic rings. The highest BCUT2D eigenvalue weighted by Gasteiger charge is 2.10. The van der Waals surface area contributed by atoms with Gasteiger partial charge in [0, 0.05) is 18.0 Å². The van der Waals surface area contributed by atoms with E-state index in [1.54, 1.807) is 12.4 Å². The topological polar surface area (TPSA) is 51.6 Å². The van der Waals surface area contributed by atoms with Crippen LogP contribution in [0.5, 0.6) is 0 Å². The van der Waals surface area contributed by atoms with Crippen LogP contribution in [0.4, 0.5) is 0 Å². The summed E-state index contributed by atoms with van der Waals surface area (Å²) in [6, 6.07) is 9.98. The summed E-state index contributed by atoms with van der Waals surface area (Å²) in [4.78, 5) is 17.5. The molecular weight excluding hydrogens is 244 g/mol. The molecule has 0 amide bonds. The number of hydrogen-bond donors (Lipinski definition) is 0. The minimum Gasteiger partial charge on any atom is -0.249 e. The Morgan fingerprint density at radius 2 is 1.72 bits per heavy atom. The first kappa shape index (κ1) is 11.1. The average molecular weight is 254 g/mol. The van der Waals surface area contributed by atoms with Gasteiger partial charge in [0.1, 0.15) is 11.2 Å². The van der Waals surface area contributed by atoms with Crippen molar-refractivity contribution in [2.45, 2.75) is 5.16 Å². The summed E-state index contributed by atoms with van der Waals surface area (Å²) in [6.07, 6.45) is 5.26. The van der Waals surface area contributed by atoms with E-state index in [9.17, 15) is 0 Å². The molecule has 3 aromatic rings. The van der Waals surface area contributed by atoms with Crippen molar-refractivity contribution < 1.29 is 0 Å². The molecule has 2 heterocycles. The van der Waals surface area contributed by atoms with E-state index in [1.807, 2.05) is 36.6 Å². The smallest absolute Gasteiger partial charge is 0.190 e. The Bertz CT molecular complexity index is 685. The van der Waals surface area contributed by atoms with Crippen molar-refractivity contribution >= 4 is 22.9 Å². The van der Waals surface area contributed by atoms with Crippen molar-refractivity contribution in [2.75, 3.05) is 6.26 Å². The molecule has 4 nitrogen and oxygen atoms in total. The van der Waals surface area contributed by atoms with E-state index in [-0.39, 0.29) is 0 Å². The molecule has 5 heteroatoms. The van der Waals surface area contributed by atoms with E-state index >= 15 is 0 Å². The molecule has 3 rings (SSSR count). The third kappa shape index (κ3) is 1.93. The lowest BCUT2D eigenvalue weighted by molar-refractivity contribution is 0.987. The number of fused-ring (bicyclic) bond motifs is 1. The molecule has 18 heavy (non-hydrogen) atoms. The molecular formula is C13H10N4S. The van der Waals surface area contributed by atoms with Crippen molar-refractivity contribution in [3.05, 3.63) is 42.7 Å². The Morgan fingerprint density at radius 3 is 2.50 bits per heavy atom. The van der Waals surface area contributed by atoms with Crippen molar-refractivity contribution in [1.82, 2.24) is 19.9 Å². The molecule has 88 valence electrons. The number of benzene rings is 1. The summed E-state index contributed by atoms with van der Waals surface area (Å²) in [7, 11) is 0. The SMILES string of the molecule is CSc1nc(-c2ccccc2)c2nccnc2n1. The Labute approximate surface area is 109 Å². The molecule has 0 saturated carbocycles. The molecule has 0 unspecified atom stereocenters. The maximum absolute atomic E-state index is 4.54. The average Bonchev–Trinajstić information content (AvgIpc) is 2.47. The van der Waals surface area contributed by atoms with Crippen LogP contribution in [0, 0.1) is 0 Å².